The molecule has 2 heterocycles. The van der Waals surface area contributed by atoms with E-state index in [0.29, 0.717) is 22.0 Å². The predicted molar refractivity (Wildman–Crippen MR) is 112 cm³/mol. The number of aromatic nitrogens is 2. The minimum Gasteiger partial charge on any atom is -0.465 e. The third-order valence-corrected chi connectivity index (χ3v) is 6.29. The standard InChI is InChI=1S/C20H22N2O3S2/c1-6-25-18(24)20(4,5)27-19-21-16(23)15-14(10-26-17(15)22-19)13-8-7-11(2)12(3)9-13/h7-10H,6H2,1-5H3,(H,21,22,23). The smallest absolute Gasteiger partial charge is 0.322 e. The van der Waals surface area contributed by atoms with Gasteiger partial charge in [-0.2, -0.15) is 0 Å². The van der Waals surface area contributed by atoms with Gasteiger partial charge in [0.25, 0.3) is 5.56 Å². The van der Waals surface area contributed by atoms with Gasteiger partial charge in [-0.25, -0.2) is 4.98 Å². The Morgan fingerprint density at radius 1 is 1.30 bits per heavy atom. The van der Waals surface area contributed by atoms with Crippen molar-refractivity contribution in [1.82, 2.24) is 9.97 Å². The Bertz CT molecular complexity index is 1070. The van der Waals surface area contributed by atoms with Crippen molar-refractivity contribution >= 4 is 39.3 Å². The van der Waals surface area contributed by atoms with Crippen LogP contribution in [0.1, 0.15) is 31.9 Å². The van der Waals surface area contributed by atoms with E-state index in [4.69, 9.17) is 4.74 Å². The molecule has 2 aromatic heterocycles. The maximum atomic E-state index is 12.8. The Morgan fingerprint density at radius 2 is 2.04 bits per heavy atom. The molecular weight excluding hydrogens is 380 g/mol. The summed E-state index contributed by atoms with van der Waals surface area (Å²) >= 11 is 2.63. The topological polar surface area (TPSA) is 72.0 Å². The van der Waals surface area contributed by atoms with Gasteiger partial charge >= 0.3 is 5.97 Å². The summed E-state index contributed by atoms with van der Waals surface area (Å²) in [5.74, 6) is -0.334. The van der Waals surface area contributed by atoms with Crippen LogP contribution in [-0.4, -0.2) is 27.3 Å². The van der Waals surface area contributed by atoms with Crippen LogP contribution in [0.2, 0.25) is 0 Å². The molecule has 1 N–H and O–H groups in total. The van der Waals surface area contributed by atoms with Crippen LogP contribution in [0, 0.1) is 13.8 Å². The molecule has 27 heavy (non-hydrogen) atoms. The van der Waals surface area contributed by atoms with Gasteiger partial charge in [-0.3, -0.25) is 9.59 Å². The van der Waals surface area contributed by atoms with Crippen molar-refractivity contribution < 1.29 is 9.53 Å². The molecular formula is C20H22N2O3S2. The van der Waals surface area contributed by atoms with Gasteiger partial charge in [0.1, 0.15) is 9.58 Å². The summed E-state index contributed by atoms with van der Waals surface area (Å²) in [6, 6.07) is 6.17. The summed E-state index contributed by atoms with van der Waals surface area (Å²) in [7, 11) is 0. The quantitative estimate of drug-likeness (QED) is 0.380. The molecule has 0 saturated carbocycles. The first-order chi connectivity index (χ1) is 12.7. The van der Waals surface area contributed by atoms with Crippen molar-refractivity contribution in [2.75, 3.05) is 6.61 Å². The fourth-order valence-electron chi connectivity index (χ4n) is 2.69. The molecule has 0 amide bonds. The largest absolute Gasteiger partial charge is 0.465 e. The van der Waals surface area contributed by atoms with Gasteiger partial charge in [-0.1, -0.05) is 30.0 Å². The number of hydrogen-bond acceptors (Lipinski definition) is 6. The molecule has 0 radical (unpaired) electrons. The molecule has 1 aromatic carbocycles. The van der Waals surface area contributed by atoms with Crippen LogP contribution in [-0.2, 0) is 9.53 Å². The zero-order valence-corrected chi connectivity index (χ0v) is 17.6. The summed E-state index contributed by atoms with van der Waals surface area (Å²) < 4.78 is 4.26. The van der Waals surface area contributed by atoms with E-state index in [1.807, 2.05) is 11.4 Å². The number of thioether (sulfide) groups is 1. The Hall–Kier alpha value is -2.12. The summed E-state index contributed by atoms with van der Waals surface area (Å²) in [6.45, 7) is 9.72. The number of nitrogens with zero attached hydrogens (tertiary/aromatic N) is 1. The van der Waals surface area contributed by atoms with E-state index >= 15 is 0 Å². The summed E-state index contributed by atoms with van der Waals surface area (Å²) in [6.07, 6.45) is 0. The lowest BCUT2D eigenvalue weighted by Gasteiger charge is -2.20. The Kier molecular flexibility index (Phi) is 5.44. The molecule has 5 nitrogen and oxygen atoms in total. The number of esters is 1. The van der Waals surface area contributed by atoms with E-state index in [9.17, 15) is 9.59 Å². The molecule has 142 valence electrons. The Morgan fingerprint density at radius 3 is 2.70 bits per heavy atom. The minimum atomic E-state index is -0.839. The minimum absolute atomic E-state index is 0.198. The van der Waals surface area contributed by atoms with E-state index < -0.39 is 4.75 Å². The highest BCUT2D eigenvalue weighted by molar-refractivity contribution is 8.01. The highest BCUT2D eigenvalue weighted by Crippen LogP contribution is 2.35. The van der Waals surface area contributed by atoms with Crippen LogP contribution in [0.4, 0.5) is 0 Å². The maximum Gasteiger partial charge on any atom is 0.322 e. The average molecular weight is 403 g/mol. The highest BCUT2D eigenvalue weighted by atomic mass is 32.2. The van der Waals surface area contributed by atoms with Gasteiger partial charge in [0, 0.05) is 10.9 Å². The Labute approximate surface area is 166 Å². The number of rotatable bonds is 5. The molecule has 7 heteroatoms. The molecule has 0 bridgehead atoms. The zero-order valence-electron chi connectivity index (χ0n) is 16.0. The third kappa shape index (κ3) is 3.94. The summed E-state index contributed by atoms with van der Waals surface area (Å²) in [5, 5.41) is 2.96. The van der Waals surface area contributed by atoms with Gasteiger partial charge in [-0.05, 0) is 51.3 Å². The number of nitrogens with one attached hydrogen (secondary N) is 1. The number of fused-ring (bicyclic) bond motifs is 1. The number of ether oxygens (including phenoxy) is 1. The molecule has 0 atom stereocenters. The summed E-state index contributed by atoms with van der Waals surface area (Å²) in [4.78, 5) is 32.9. The number of hydrogen-bond donors (Lipinski definition) is 1. The van der Waals surface area contributed by atoms with Crippen LogP contribution < -0.4 is 5.56 Å². The van der Waals surface area contributed by atoms with E-state index in [2.05, 4.69) is 35.9 Å². The molecule has 0 aliphatic heterocycles. The van der Waals surface area contributed by atoms with Crippen LogP contribution >= 0.6 is 23.1 Å². The van der Waals surface area contributed by atoms with E-state index in [1.165, 1.54) is 34.2 Å². The maximum absolute atomic E-state index is 12.8. The number of aromatic amines is 1. The average Bonchev–Trinajstić information content (AvgIpc) is 3.01. The third-order valence-electron chi connectivity index (χ3n) is 4.36. The lowest BCUT2D eigenvalue weighted by Crippen LogP contribution is -2.30. The molecule has 0 unspecified atom stereocenters. The van der Waals surface area contributed by atoms with Crippen molar-refractivity contribution in [3.8, 4) is 11.1 Å². The van der Waals surface area contributed by atoms with Crippen molar-refractivity contribution in [1.29, 1.82) is 0 Å². The molecule has 0 spiro atoms. The molecule has 0 aliphatic rings. The van der Waals surface area contributed by atoms with Crippen molar-refractivity contribution in [2.45, 2.75) is 44.5 Å². The molecule has 0 fully saturated rings. The second-order valence-electron chi connectivity index (χ2n) is 6.83. The van der Waals surface area contributed by atoms with Crippen molar-refractivity contribution in [3.05, 3.63) is 45.1 Å². The van der Waals surface area contributed by atoms with Gasteiger partial charge in [0.15, 0.2) is 5.16 Å². The SMILES string of the molecule is CCOC(=O)C(C)(C)Sc1nc2scc(-c3ccc(C)c(C)c3)c2c(=O)[nH]1. The number of carbonyl (C=O) groups excluding carboxylic acids is 1. The first kappa shape index (κ1) is 19.6. The zero-order chi connectivity index (χ0) is 19.8. The van der Waals surface area contributed by atoms with Crippen molar-refractivity contribution in [2.24, 2.45) is 0 Å². The van der Waals surface area contributed by atoms with Crippen LogP contribution in [0.3, 0.4) is 0 Å². The second-order valence-corrected chi connectivity index (χ2v) is 9.30. The number of aryl methyl sites for hydroxylation is 2. The fraction of sp³-hybridized carbons (Fsp3) is 0.350. The monoisotopic (exact) mass is 402 g/mol. The van der Waals surface area contributed by atoms with Gasteiger partial charge < -0.3 is 9.72 Å². The Balaban J connectivity index is 2.01. The molecule has 0 aliphatic carbocycles. The highest BCUT2D eigenvalue weighted by Gasteiger charge is 2.32. The lowest BCUT2D eigenvalue weighted by molar-refractivity contribution is -0.145. The summed E-state index contributed by atoms with van der Waals surface area (Å²) in [5.41, 5.74) is 4.08. The van der Waals surface area contributed by atoms with E-state index in [-0.39, 0.29) is 11.5 Å². The number of benzene rings is 1. The first-order valence-corrected chi connectivity index (χ1v) is 10.4. The normalized spacial score (nSPS) is 11.7. The van der Waals surface area contributed by atoms with Gasteiger partial charge in [-0.15, -0.1) is 11.3 Å². The van der Waals surface area contributed by atoms with Crippen molar-refractivity contribution in [3.63, 3.8) is 0 Å². The van der Waals surface area contributed by atoms with Crippen LogP contribution in [0.25, 0.3) is 21.3 Å². The first-order valence-electron chi connectivity index (χ1n) is 8.68. The number of thiophene rings is 1. The van der Waals surface area contributed by atoms with E-state index in [1.54, 1.807) is 20.8 Å². The van der Waals surface area contributed by atoms with Crippen LogP contribution in [0.15, 0.2) is 33.5 Å². The molecule has 3 aromatic rings. The number of H-pyrrole nitrogens is 1. The van der Waals surface area contributed by atoms with E-state index in [0.717, 1.165) is 11.1 Å². The second kappa shape index (κ2) is 7.48. The fourth-order valence-corrected chi connectivity index (χ4v) is 4.60. The lowest BCUT2D eigenvalue weighted by atomic mass is 10.0. The molecule has 3 rings (SSSR count). The van der Waals surface area contributed by atoms with Crippen LogP contribution in [0.5, 0.6) is 0 Å². The molecule has 0 saturated heterocycles. The number of carbonyl (C=O) groups is 1. The van der Waals surface area contributed by atoms with Gasteiger partial charge in [0.05, 0.1) is 12.0 Å². The van der Waals surface area contributed by atoms with Gasteiger partial charge in [0.2, 0.25) is 0 Å². The predicted octanol–water partition coefficient (Wildman–Crippen LogP) is 4.70.